The summed E-state index contributed by atoms with van der Waals surface area (Å²) in [7, 11) is 1.59. The van der Waals surface area contributed by atoms with E-state index in [0.29, 0.717) is 22.9 Å². The van der Waals surface area contributed by atoms with E-state index in [0.717, 1.165) is 5.56 Å². The van der Waals surface area contributed by atoms with Crippen LogP contribution in [-0.2, 0) is 0 Å². The van der Waals surface area contributed by atoms with Crippen molar-refractivity contribution in [3.8, 4) is 28.5 Å². The van der Waals surface area contributed by atoms with Crippen LogP contribution in [0.25, 0.3) is 11.3 Å². The third-order valence-electron chi connectivity index (χ3n) is 3.38. The summed E-state index contributed by atoms with van der Waals surface area (Å²) in [6, 6.07) is 27.2. The first kappa shape index (κ1) is 20.4. The van der Waals surface area contributed by atoms with Crippen LogP contribution in [0.1, 0.15) is 0 Å². The van der Waals surface area contributed by atoms with Crippen molar-refractivity contribution in [3.05, 3.63) is 97.2 Å². The molecule has 0 aliphatic rings. The summed E-state index contributed by atoms with van der Waals surface area (Å²) >= 11 is 0. The van der Waals surface area contributed by atoms with E-state index in [-0.39, 0.29) is 0 Å². The highest BCUT2D eigenvalue weighted by Crippen LogP contribution is 2.24. The fourth-order valence-electron chi connectivity index (χ4n) is 2.06. The molecule has 3 aromatic carbocycles. The number of phenolic OH excluding ortho intramolecular Hbond substituents is 2. The molecule has 0 atom stereocenters. The highest BCUT2D eigenvalue weighted by molar-refractivity contribution is 5.64. The summed E-state index contributed by atoms with van der Waals surface area (Å²) in [6.07, 6.45) is 1.55. The molecule has 0 saturated heterocycles. The molecule has 2 N–H and O–H groups in total. The maximum Gasteiger partial charge on any atom is 0.167 e. The predicted molar refractivity (Wildman–Crippen MR) is 108 cm³/mol. The molecule has 0 unspecified atom stereocenters. The second-order valence-corrected chi connectivity index (χ2v) is 5.39. The molecule has 0 amide bonds. The van der Waals surface area contributed by atoms with Gasteiger partial charge in [0.1, 0.15) is 17.2 Å². The van der Waals surface area contributed by atoms with Crippen molar-refractivity contribution in [2.45, 2.75) is 0 Å². The van der Waals surface area contributed by atoms with Crippen LogP contribution in [0.15, 0.2) is 97.2 Å². The van der Waals surface area contributed by atoms with E-state index in [2.05, 4.69) is 15.4 Å². The fraction of sp³-hybridized carbons (Fsp3) is 0.0455. The minimum atomic E-state index is 0.322. The minimum Gasteiger partial charge on any atom is -0.508 e. The third kappa shape index (κ3) is 7.13. The lowest BCUT2D eigenvalue weighted by atomic mass is 10.1. The van der Waals surface area contributed by atoms with Crippen LogP contribution < -0.4 is 4.74 Å². The average molecular weight is 375 g/mol. The highest BCUT2D eigenvalue weighted by Gasteiger charge is 2.06. The van der Waals surface area contributed by atoms with Gasteiger partial charge in [-0.1, -0.05) is 66.7 Å². The number of methoxy groups -OCH3 is 1. The van der Waals surface area contributed by atoms with Crippen molar-refractivity contribution in [3.63, 3.8) is 0 Å². The number of phenols is 2. The fourth-order valence-corrected chi connectivity index (χ4v) is 2.06. The van der Waals surface area contributed by atoms with Crippen molar-refractivity contribution in [1.29, 1.82) is 0 Å². The Kier molecular flexibility index (Phi) is 8.47. The maximum absolute atomic E-state index is 8.63. The number of benzene rings is 3. The van der Waals surface area contributed by atoms with Crippen LogP contribution in [0.5, 0.6) is 17.2 Å². The van der Waals surface area contributed by atoms with Gasteiger partial charge in [0.15, 0.2) is 5.75 Å². The molecule has 0 fully saturated rings. The lowest BCUT2D eigenvalue weighted by molar-refractivity contribution is 0.410. The topological polar surface area (TPSA) is 88.4 Å². The van der Waals surface area contributed by atoms with E-state index in [1.165, 1.54) is 0 Å². The first-order valence-corrected chi connectivity index (χ1v) is 8.46. The van der Waals surface area contributed by atoms with Gasteiger partial charge in [-0.2, -0.15) is 0 Å². The molecule has 28 heavy (non-hydrogen) atoms. The number of para-hydroxylation sites is 2. The van der Waals surface area contributed by atoms with Gasteiger partial charge >= 0.3 is 0 Å². The maximum atomic E-state index is 8.63. The van der Waals surface area contributed by atoms with E-state index in [1.807, 2.05) is 42.5 Å². The Labute approximate surface area is 163 Å². The smallest absolute Gasteiger partial charge is 0.167 e. The molecule has 6 heteroatoms. The Morgan fingerprint density at radius 1 is 0.679 bits per heavy atom. The number of hydrogen-bond acceptors (Lipinski definition) is 6. The first-order chi connectivity index (χ1) is 13.7. The van der Waals surface area contributed by atoms with Gasteiger partial charge in [-0.05, 0) is 29.5 Å². The summed E-state index contributed by atoms with van der Waals surface area (Å²) in [5.41, 5.74) is 1.68. The Bertz CT molecular complexity index is 884. The normalized spacial score (nSPS) is 9.18. The van der Waals surface area contributed by atoms with Crippen molar-refractivity contribution < 1.29 is 14.9 Å². The van der Waals surface area contributed by atoms with Crippen LogP contribution in [0.3, 0.4) is 0 Å². The Morgan fingerprint density at radius 3 is 1.54 bits per heavy atom. The molecule has 4 rings (SSSR count). The summed E-state index contributed by atoms with van der Waals surface area (Å²) in [5, 5.41) is 28.4. The van der Waals surface area contributed by atoms with E-state index >= 15 is 0 Å². The van der Waals surface area contributed by atoms with Crippen LogP contribution >= 0.6 is 0 Å². The molecule has 0 spiro atoms. The zero-order chi connectivity index (χ0) is 20.0. The molecule has 0 aliphatic carbocycles. The monoisotopic (exact) mass is 375 g/mol. The summed E-state index contributed by atoms with van der Waals surface area (Å²) in [4.78, 5) is 0. The first-order valence-electron chi connectivity index (χ1n) is 8.46. The van der Waals surface area contributed by atoms with Gasteiger partial charge in [0.05, 0.1) is 13.3 Å². The Morgan fingerprint density at radius 2 is 1.14 bits per heavy atom. The van der Waals surface area contributed by atoms with Crippen LogP contribution in [0.2, 0.25) is 0 Å². The standard InChI is InChI=1S/C10H9N3O.2C6H6O/c1-14-9-7-11-13-12-10(9)8-5-3-2-4-6-8;2*7-6-4-2-1-3-5-6/h2-7H,1H3;2*1-5,7H. The minimum absolute atomic E-state index is 0.322. The van der Waals surface area contributed by atoms with Crippen molar-refractivity contribution in [2.24, 2.45) is 0 Å². The summed E-state index contributed by atoms with van der Waals surface area (Å²) < 4.78 is 5.13. The van der Waals surface area contributed by atoms with Crippen LogP contribution in [0, 0.1) is 0 Å². The Hall–Kier alpha value is -3.93. The second kappa shape index (κ2) is 11.6. The van der Waals surface area contributed by atoms with Gasteiger partial charge in [-0.3, -0.25) is 0 Å². The lowest BCUT2D eigenvalue weighted by Gasteiger charge is -2.04. The molecular formula is C22H21N3O3. The van der Waals surface area contributed by atoms with Crippen molar-refractivity contribution in [1.82, 2.24) is 15.4 Å². The number of aromatic hydroxyl groups is 2. The number of nitrogens with zero attached hydrogens (tertiary/aromatic N) is 3. The summed E-state index contributed by atoms with van der Waals surface area (Å²) in [6.45, 7) is 0. The number of hydrogen-bond donors (Lipinski definition) is 2. The number of rotatable bonds is 2. The molecular weight excluding hydrogens is 354 g/mol. The van der Waals surface area contributed by atoms with Crippen LogP contribution in [0.4, 0.5) is 0 Å². The van der Waals surface area contributed by atoms with E-state index in [1.54, 1.807) is 61.8 Å². The van der Waals surface area contributed by atoms with Gasteiger partial charge in [0.25, 0.3) is 0 Å². The molecule has 142 valence electrons. The largest absolute Gasteiger partial charge is 0.508 e. The zero-order valence-corrected chi connectivity index (χ0v) is 15.4. The number of aromatic nitrogens is 3. The van der Waals surface area contributed by atoms with Gasteiger partial charge in [0.2, 0.25) is 0 Å². The lowest BCUT2D eigenvalue weighted by Crippen LogP contribution is -1.95. The molecule has 6 nitrogen and oxygen atoms in total. The summed E-state index contributed by atoms with van der Waals surface area (Å²) in [5.74, 6) is 1.27. The molecule has 0 radical (unpaired) electrons. The van der Waals surface area contributed by atoms with E-state index in [9.17, 15) is 0 Å². The van der Waals surface area contributed by atoms with Gasteiger partial charge in [-0.15, -0.1) is 10.2 Å². The van der Waals surface area contributed by atoms with Gasteiger partial charge < -0.3 is 14.9 Å². The van der Waals surface area contributed by atoms with Crippen LogP contribution in [-0.4, -0.2) is 32.7 Å². The predicted octanol–water partition coefficient (Wildman–Crippen LogP) is 4.33. The Balaban J connectivity index is 0.000000168. The van der Waals surface area contributed by atoms with E-state index < -0.39 is 0 Å². The van der Waals surface area contributed by atoms with Crippen molar-refractivity contribution >= 4 is 0 Å². The van der Waals surface area contributed by atoms with Crippen molar-refractivity contribution in [2.75, 3.05) is 7.11 Å². The van der Waals surface area contributed by atoms with E-state index in [4.69, 9.17) is 14.9 Å². The third-order valence-corrected chi connectivity index (χ3v) is 3.38. The van der Waals surface area contributed by atoms with Gasteiger partial charge in [0, 0.05) is 5.56 Å². The molecule has 1 aromatic heterocycles. The average Bonchev–Trinajstić information content (AvgIpc) is 2.76. The molecule has 1 heterocycles. The quantitative estimate of drug-likeness (QED) is 0.542. The number of ether oxygens (including phenoxy) is 1. The highest BCUT2D eigenvalue weighted by atomic mass is 16.5. The SMILES string of the molecule is COc1cnnnc1-c1ccccc1.Oc1ccccc1.Oc1ccccc1. The second-order valence-electron chi connectivity index (χ2n) is 5.39. The molecule has 0 aliphatic heterocycles. The molecule has 0 bridgehead atoms. The van der Waals surface area contributed by atoms with Gasteiger partial charge in [-0.25, -0.2) is 0 Å². The zero-order valence-electron chi connectivity index (χ0n) is 15.4. The molecule has 4 aromatic rings. The molecule has 0 saturated carbocycles.